The molecule has 0 aliphatic carbocycles. The van der Waals surface area contributed by atoms with Gasteiger partial charge in [0.25, 0.3) is 6.43 Å². The number of para-hydroxylation sites is 1. The number of rotatable bonds is 4. The molecule has 0 spiro atoms. The van der Waals surface area contributed by atoms with Crippen molar-refractivity contribution in [3.05, 3.63) is 52.0 Å². The number of aromatic nitrogens is 3. The Morgan fingerprint density at radius 3 is 2.61 bits per heavy atom. The van der Waals surface area contributed by atoms with Gasteiger partial charge < -0.3 is 9.88 Å². The van der Waals surface area contributed by atoms with Gasteiger partial charge in [0, 0.05) is 18.1 Å². The Balaban J connectivity index is 1.97. The second kappa shape index (κ2) is 6.29. The van der Waals surface area contributed by atoms with E-state index in [1.165, 1.54) is 0 Å². The van der Waals surface area contributed by atoms with Crippen LogP contribution in [0.3, 0.4) is 0 Å². The third-order valence-electron chi connectivity index (χ3n) is 3.47. The molecule has 0 aliphatic rings. The van der Waals surface area contributed by atoms with E-state index >= 15 is 0 Å². The van der Waals surface area contributed by atoms with Gasteiger partial charge in [-0.25, -0.2) is 18.7 Å². The van der Waals surface area contributed by atoms with Crippen LogP contribution in [0.5, 0.6) is 0 Å². The molecule has 0 fully saturated rings. The topological polar surface area (TPSA) is 42.7 Å². The van der Waals surface area contributed by atoms with Crippen molar-refractivity contribution in [1.82, 2.24) is 14.5 Å². The third-order valence-corrected chi connectivity index (χ3v) is 4.31. The first-order chi connectivity index (χ1) is 11.0. The van der Waals surface area contributed by atoms with Crippen LogP contribution in [-0.4, -0.2) is 14.5 Å². The summed E-state index contributed by atoms with van der Waals surface area (Å²) in [4.78, 5) is 7.80. The van der Waals surface area contributed by atoms with Crippen LogP contribution in [0.2, 0.25) is 10.2 Å². The molecule has 0 bridgehead atoms. The van der Waals surface area contributed by atoms with Crippen molar-refractivity contribution in [3.8, 4) is 0 Å². The number of hydrogen-bond acceptors (Lipinski definition) is 3. The summed E-state index contributed by atoms with van der Waals surface area (Å²) in [6.07, 6.45) is -2.74. The Morgan fingerprint density at radius 1 is 1.22 bits per heavy atom. The van der Waals surface area contributed by atoms with Crippen LogP contribution in [-0.2, 0) is 13.6 Å². The summed E-state index contributed by atoms with van der Waals surface area (Å²) in [5.74, 6) is -0.159. The van der Waals surface area contributed by atoms with Crippen molar-refractivity contribution in [2.24, 2.45) is 7.05 Å². The summed E-state index contributed by atoms with van der Waals surface area (Å²) in [5, 5.41) is 4.59. The zero-order valence-corrected chi connectivity index (χ0v) is 13.5. The Bertz CT molecular complexity index is 864. The van der Waals surface area contributed by atoms with Crippen molar-refractivity contribution < 1.29 is 8.78 Å². The molecule has 4 nitrogen and oxygen atoms in total. The molecule has 0 atom stereocenters. The van der Waals surface area contributed by atoms with E-state index in [-0.39, 0.29) is 0 Å². The van der Waals surface area contributed by atoms with Crippen LogP contribution in [0.15, 0.2) is 30.3 Å². The van der Waals surface area contributed by atoms with E-state index in [0.717, 1.165) is 5.69 Å². The van der Waals surface area contributed by atoms with E-state index in [4.69, 9.17) is 23.2 Å². The maximum atomic E-state index is 13.0. The van der Waals surface area contributed by atoms with Gasteiger partial charge in [-0.15, -0.1) is 0 Å². The van der Waals surface area contributed by atoms with Crippen molar-refractivity contribution in [1.29, 1.82) is 0 Å². The van der Waals surface area contributed by atoms with Gasteiger partial charge in [0.1, 0.15) is 11.0 Å². The van der Waals surface area contributed by atoms with Gasteiger partial charge in [-0.05, 0) is 18.2 Å². The Morgan fingerprint density at radius 2 is 1.96 bits per heavy atom. The van der Waals surface area contributed by atoms with Crippen molar-refractivity contribution in [3.63, 3.8) is 0 Å². The monoisotopic (exact) mass is 356 g/mol. The maximum Gasteiger partial charge on any atom is 0.297 e. The van der Waals surface area contributed by atoms with Crippen LogP contribution in [0.4, 0.5) is 14.6 Å². The standard InChI is InChI=1S/C15H12Cl2F2N4/c1-23-8(6-10(16)12(23)17)7-20-14-9-4-2-3-5-11(9)21-15(22-14)13(18)19/h2-6,13H,7H2,1H3,(H,20,21,22). The summed E-state index contributed by atoms with van der Waals surface area (Å²) < 4.78 is 27.7. The lowest BCUT2D eigenvalue weighted by atomic mass is 10.2. The van der Waals surface area contributed by atoms with Gasteiger partial charge in [0.05, 0.1) is 17.1 Å². The van der Waals surface area contributed by atoms with E-state index in [2.05, 4.69) is 15.3 Å². The number of hydrogen-bond donors (Lipinski definition) is 1. The second-order valence-electron chi connectivity index (χ2n) is 4.94. The molecule has 1 N–H and O–H groups in total. The van der Waals surface area contributed by atoms with E-state index in [1.807, 2.05) is 0 Å². The fourth-order valence-corrected chi connectivity index (χ4v) is 2.68. The highest BCUT2D eigenvalue weighted by atomic mass is 35.5. The van der Waals surface area contributed by atoms with Crippen molar-refractivity contribution >= 4 is 39.9 Å². The molecule has 2 heterocycles. The van der Waals surface area contributed by atoms with Crippen molar-refractivity contribution in [2.75, 3.05) is 5.32 Å². The minimum atomic E-state index is -2.74. The molecule has 0 saturated heterocycles. The fourth-order valence-electron chi connectivity index (χ4n) is 2.26. The lowest BCUT2D eigenvalue weighted by Crippen LogP contribution is -2.08. The summed E-state index contributed by atoms with van der Waals surface area (Å²) in [7, 11) is 1.77. The Hall–Kier alpha value is -1.92. The summed E-state index contributed by atoms with van der Waals surface area (Å²) in [5.41, 5.74) is 1.27. The minimum Gasteiger partial charge on any atom is -0.364 e. The number of fused-ring (bicyclic) bond motifs is 1. The minimum absolute atomic E-state index is 0.340. The first kappa shape index (κ1) is 16.0. The fraction of sp³-hybridized carbons (Fsp3) is 0.200. The highest BCUT2D eigenvalue weighted by Gasteiger charge is 2.15. The van der Waals surface area contributed by atoms with Crippen LogP contribution in [0, 0.1) is 0 Å². The van der Waals surface area contributed by atoms with E-state index in [1.54, 1.807) is 41.9 Å². The van der Waals surface area contributed by atoms with E-state index in [9.17, 15) is 8.78 Å². The number of alkyl halides is 2. The molecule has 8 heteroatoms. The Kier molecular flexibility index (Phi) is 4.37. The number of benzene rings is 1. The average Bonchev–Trinajstić information content (AvgIpc) is 2.79. The third kappa shape index (κ3) is 3.09. The molecule has 0 radical (unpaired) electrons. The molecule has 2 aromatic heterocycles. The van der Waals surface area contributed by atoms with Gasteiger partial charge >= 0.3 is 0 Å². The predicted octanol–water partition coefficient (Wildman–Crippen LogP) is 4.82. The van der Waals surface area contributed by atoms with Crippen LogP contribution in [0.25, 0.3) is 10.9 Å². The lowest BCUT2D eigenvalue weighted by Gasteiger charge is -2.11. The van der Waals surface area contributed by atoms with Crippen molar-refractivity contribution in [2.45, 2.75) is 13.0 Å². The molecule has 23 heavy (non-hydrogen) atoms. The summed E-state index contributed by atoms with van der Waals surface area (Å²) in [6.45, 7) is 0.340. The first-order valence-electron chi connectivity index (χ1n) is 6.75. The summed E-state index contributed by atoms with van der Waals surface area (Å²) >= 11 is 12.0. The highest BCUT2D eigenvalue weighted by molar-refractivity contribution is 6.41. The highest BCUT2D eigenvalue weighted by Crippen LogP contribution is 2.27. The molecule has 0 saturated carbocycles. The van der Waals surface area contributed by atoms with Crippen LogP contribution in [0.1, 0.15) is 17.9 Å². The number of nitrogens with one attached hydrogen (secondary N) is 1. The van der Waals surface area contributed by atoms with Gasteiger partial charge in [-0.1, -0.05) is 35.3 Å². The zero-order valence-electron chi connectivity index (χ0n) is 12.0. The largest absolute Gasteiger partial charge is 0.364 e. The first-order valence-corrected chi connectivity index (χ1v) is 7.51. The Labute approximate surface area is 141 Å². The summed E-state index contributed by atoms with van der Waals surface area (Å²) in [6, 6.07) is 8.71. The van der Waals surface area contributed by atoms with Gasteiger partial charge in [0.2, 0.25) is 0 Å². The number of halogens is 4. The molecule has 1 aromatic carbocycles. The zero-order chi connectivity index (χ0) is 16.6. The number of anilines is 1. The molecule has 0 amide bonds. The lowest BCUT2D eigenvalue weighted by molar-refractivity contribution is 0.141. The molecular formula is C15H12Cl2F2N4. The molecular weight excluding hydrogens is 345 g/mol. The second-order valence-corrected chi connectivity index (χ2v) is 5.70. The van der Waals surface area contributed by atoms with Crippen LogP contribution >= 0.6 is 23.2 Å². The molecule has 3 rings (SSSR count). The molecule has 0 unspecified atom stereocenters. The quantitative estimate of drug-likeness (QED) is 0.728. The SMILES string of the molecule is Cn1c(CNc2nc(C(F)F)nc3ccccc23)cc(Cl)c1Cl. The van der Waals surface area contributed by atoms with E-state index < -0.39 is 12.2 Å². The smallest absolute Gasteiger partial charge is 0.297 e. The molecule has 3 aromatic rings. The molecule has 120 valence electrons. The van der Waals surface area contributed by atoms with Gasteiger partial charge in [-0.3, -0.25) is 0 Å². The normalized spacial score (nSPS) is 11.4. The van der Waals surface area contributed by atoms with E-state index in [0.29, 0.717) is 33.4 Å². The van der Waals surface area contributed by atoms with Crippen LogP contribution < -0.4 is 5.32 Å². The molecule has 0 aliphatic heterocycles. The van der Waals surface area contributed by atoms with Gasteiger partial charge in [0.15, 0.2) is 5.82 Å². The predicted molar refractivity (Wildman–Crippen MR) is 87.3 cm³/mol. The number of nitrogens with zero attached hydrogens (tertiary/aromatic N) is 3. The average molecular weight is 357 g/mol. The maximum absolute atomic E-state index is 13.0. The van der Waals surface area contributed by atoms with Gasteiger partial charge in [-0.2, -0.15) is 0 Å².